The summed E-state index contributed by atoms with van der Waals surface area (Å²) in [5, 5.41) is 0. The maximum Gasteiger partial charge on any atom is 0.187 e. The monoisotopic (exact) mass is 168 g/mol. The van der Waals surface area contributed by atoms with E-state index in [2.05, 4.69) is 11.9 Å². The standard InChI is InChI=1S/C9H16N2O/c1-4-5-11-7-6-8(10)12-9(7,2)3/h6H,4-5,10H2,1-3H3. The fourth-order valence-corrected chi connectivity index (χ4v) is 1.15. The number of ether oxygens (including phenoxy) is 1. The maximum atomic E-state index is 5.53. The third-order valence-electron chi connectivity index (χ3n) is 1.77. The molecule has 2 N–H and O–H groups in total. The lowest BCUT2D eigenvalue weighted by molar-refractivity contribution is 0.108. The molecule has 1 heterocycles. The van der Waals surface area contributed by atoms with Crippen LogP contribution >= 0.6 is 0 Å². The van der Waals surface area contributed by atoms with E-state index in [4.69, 9.17) is 10.5 Å². The number of hydrogen-bond acceptors (Lipinski definition) is 3. The lowest BCUT2D eigenvalue weighted by Gasteiger charge is -2.19. The van der Waals surface area contributed by atoms with Gasteiger partial charge in [-0.3, -0.25) is 4.99 Å². The summed E-state index contributed by atoms with van der Waals surface area (Å²) in [5.41, 5.74) is 6.14. The Balaban J connectivity index is 2.75. The van der Waals surface area contributed by atoms with Gasteiger partial charge in [-0.05, 0) is 20.3 Å². The predicted octanol–water partition coefficient (Wildman–Crippen LogP) is 1.45. The molecule has 0 saturated heterocycles. The van der Waals surface area contributed by atoms with E-state index in [0.29, 0.717) is 5.88 Å². The van der Waals surface area contributed by atoms with Gasteiger partial charge in [0.15, 0.2) is 5.88 Å². The van der Waals surface area contributed by atoms with E-state index < -0.39 is 0 Å². The van der Waals surface area contributed by atoms with Crippen LogP contribution in [0.3, 0.4) is 0 Å². The summed E-state index contributed by atoms with van der Waals surface area (Å²) in [7, 11) is 0. The average Bonchev–Trinajstić information content (AvgIpc) is 2.20. The van der Waals surface area contributed by atoms with Crippen molar-refractivity contribution in [3.8, 4) is 0 Å². The van der Waals surface area contributed by atoms with Crippen molar-refractivity contribution >= 4 is 5.71 Å². The van der Waals surface area contributed by atoms with Gasteiger partial charge in [0.2, 0.25) is 0 Å². The first-order valence-electron chi connectivity index (χ1n) is 4.27. The summed E-state index contributed by atoms with van der Waals surface area (Å²) in [5.74, 6) is 0.467. The lowest BCUT2D eigenvalue weighted by Crippen LogP contribution is -2.29. The van der Waals surface area contributed by atoms with Gasteiger partial charge < -0.3 is 10.5 Å². The second-order valence-electron chi connectivity index (χ2n) is 3.43. The molecule has 0 aliphatic carbocycles. The smallest absolute Gasteiger partial charge is 0.187 e. The summed E-state index contributed by atoms with van der Waals surface area (Å²) in [6, 6.07) is 0. The molecule has 0 unspecified atom stereocenters. The van der Waals surface area contributed by atoms with Gasteiger partial charge in [0.25, 0.3) is 0 Å². The number of nitrogens with two attached hydrogens (primary N) is 1. The third kappa shape index (κ3) is 1.78. The van der Waals surface area contributed by atoms with Gasteiger partial charge in [0.1, 0.15) is 5.60 Å². The predicted molar refractivity (Wildman–Crippen MR) is 50.0 cm³/mol. The van der Waals surface area contributed by atoms with Gasteiger partial charge in [-0.2, -0.15) is 0 Å². The number of aliphatic imine (C=N–C) groups is 1. The average molecular weight is 168 g/mol. The molecular weight excluding hydrogens is 152 g/mol. The van der Waals surface area contributed by atoms with Crippen molar-refractivity contribution in [2.45, 2.75) is 32.8 Å². The highest BCUT2D eigenvalue weighted by Gasteiger charge is 2.31. The SMILES string of the molecule is CCCN=C1C=C(N)OC1(C)C. The summed E-state index contributed by atoms with van der Waals surface area (Å²) in [6.45, 7) is 6.88. The first kappa shape index (κ1) is 9.10. The molecule has 0 saturated carbocycles. The molecule has 12 heavy (non-hydrogen) atoms. The fraction of sp³-hybridized carbons (Fsp3) is 0.667. The van der Waals surface area contributed by atoms with Crippen molar-refractivity contribution in [1.82, 2.24) is 0 Å². The zero-order valence-corrected chi connectivity index (χ0v) is 7.92. The molecule has 3 heteroatoms. The summed E-state index contributed by atoms with van der Waals surface area (Å²) < 4.78 is 5.37. The molecule has 0 bridgehead atoms. The lowest BCUT2D eigenvalue weighted by atomic mass is 10.0. The van der Waals surface area contributed by atoms with Gasteiger partial charge >= 0.3 is 0 Å². The summed E-state index contributed by atoms with van der Waals surface area (Å²) >= 11 is 0. The minimum Gasteiger partial charge on any atom is -0.467 e. The van der Waals surface area contributed by atoms with Crippen LogP contribution in [0.2, 0.25) is 0 Å². The molecule has 0 aromatic rings. The van der Waals surface area contributed by atoms with Crippen molar-refractivity contribution in [2.24, 2.45) is 10.7 Å². The first-order valence-corrected chi connectivity index (χ1v) is 4.27. The normalized spacial score (nSPS) is 23.9. The van der Waals surface area contributed by atoms with Crippen LogP contribution in [-0.2, 0) is 4.74 Å². The summed E-state index contributed by atoms with van der Waals surface area (Å²) in [4.78, 5) is 4.38. The molecule has 68 valence electrons. The minimum absolute atomic E-state index is 0.334. The molecule has 3 nitrogen and oxygen atoms in total. The van der Waals surface area contributed by atoms with Crippen LogP contribution in [0.15, 0.2) is 17.0 Å². The van der Waals surface area contributed by atoms with E-state index in [-0.39, 0.29) is 5.60 Å². The van der Waals surface area contributed by atoms with Crippen molar-refractivity contribution in [2.75, 3.05) is 6.54 Å². The van der Waals surface area contributed by atoms with Crippen molar-refractivity contribution in [3.05, 3.63) is 12.0 Å². The number of rotatable bonds is 2. The molecule has 0 aromatic heterocycles. The highest BCUT2D eigenvalue weighted by atomic mass is 16.5. The number of nitrogens with zero attached hydrogens (tertiary/aromatic N) is 1. The van der Waals surface area contributed by atoms with E-state index in [1.807, 2.05) is 13.8 Å². The quantitative estimate of drug-likeness (QED) is 0.678. The Morgan fingerprint density at radius 1 is 1.58 bits per heavy atom. The zero-order valence-electron chi connectivity index (χ0n) is 7.92. The van der Waals surface area contributed by atoms with E-state index >= 15 is 0 Å². The Morgan fingerprint density at radius 3 is 2.67 bits per heavy atom. The second kappa shape index (κ2) is 3.17. The molecule has 0 amide bonds. The Bertz CT molecular complexity index is 229. The van der Waals surface area contributed by atoms with Gasteiger partial charge in [-0.25, -0.2) is 0 Å². The van der Waals surface area contributed by atoms with Gasteiger partial charge in [-0.1, -0.05) is 6.92 Å². The summed E-state index contributed by atoms with van der Waals surface area (Å²) in [6.07, 6.45) is 2.85. The van der Waals surface area contributed by atoms with Crippen LogP contribution in [0.5, 0.6) is 0 Å². The molecular formula is C9H16N2O. The second-order valence-corrected chi connectivity index (χ2v) is 3.43. The Morgan fingerprint density at radius 2 is 2.25 bits per heavy atom. The van der Waals surface area contributed by atoms with E-state index in [1.165, 1.54) is 0 Å². The topological polar surface area (TPSA) is 47.6 Å². The van der Waals surface area contributed by atoms with Crippen molar-refractivity contribution in [1.29, 1.82) is 0 Å². The van der Waals surface area contributed by atoms with Gasteiger partial charge in [0, 0.05) is 12.6 Å². The Hall–Kier alpha value is -0.990. The number of hydrogen-bond donors (Lipinski definition) is 1. The highest BCUT2D eigenvalue weighted by Crippen LogP contribution is 2.22. The van der Waals surface area contributed by atoms with E-state index in [1.54, 1.807) is 6.08 Å². The first-order chi connectivity index (χ1) is 5.56. The fourth-order valence-electron chi connectivity index (χ4n) is 1.15. The van der Waals surface area contributed by atoms with Crippen LogP contribution < -0.4 is 5.73 Å². The van der Waals surface area contributed by atoms with Crippen molar-refractivity contribution in [3.63, 3.8) is 0 Å². The molecule has 0 atom stereocenters. The highest BCUT2D eigenvalue weighted by molar-refractivity contribution is 6.03. The van der Waals surface area contributed by atoms with Crippen LogP contribution in [0.4, 0.5) is 0 Å². The molecule has 1 rings (SSSR count). The maximum absolute atomic E-state index is 5.53. The Labute approximate surface area is 73.3 Å². The van der Waals surface area contributed by atoms with Crippen LogP contribution in [0.25, 0.3) is 0 Å². The van der Waals surface area contributed by atoms with Crippen LogP contribution in [0.1, 0.15) is 27.2 Å². The molecule has 1 aliphatic rings. The molecule has 0 aromatic carbocycles. The minimum atomic E-state index is -0.334. The van der Waals surface area contributed by atoms with Gasteiger partial charge in [0.05, 0.1) is 5.71 Å². The zero-order chi connectivity index (χ0) is 9.19. The third-order valence-corrected chi connectivity index (χ3v) is 1.77. The Kier molecular flexibility index (Phi) is 2.40. The molecule has 0 fully saturated rings. The van der Waals surface area contributed by atoms with Gasteiger partial charge in [-0.15, -0.1) is 0 Å². The van der Waals surface area contributed by atoms with Crippen molar-refractivity contribution < 1.29 is 4.74 Å². The van der Waals surface area contributed by atoms with E-state index in [9.17, 15) is 0 Å². The molecule has 0 radical (unpaired) electrons. The van der Waals surface area contributed by atoms with E-state index in [0.717, 1.165) is 18.7 Å². The molecule has 0 spiro atoms. The van der Waals surface area contributed by atoms with Crippen LogP contribution in [-0.4, -0.2) is 17.9 Å². The largest absolute Gasteiger partial charge is 0.467 e. The van der Waals surface area contributed by atoms with Crippen LogP contribution in [0, 0.1) is 0 Å². The molecule has 1 aliphatic heterocycles.